The van der Waals surface area contributed by atoms with E-state index in [2.05, 4.69) is 26.6 Å². The van der Waals surface area contributed by atoms with E-state index >= 15 is 0 Å². The molecule has 1 unspecified atom stereocenters. The second-order valence-electron chi connectivity index (χ2n) is 5.47. The van der Waals surface area contributed by atoms with E-state index in [1.807, 2.05) is 35.7 Å². The molecule has 2 heterocycles. The van der Waals surface area contributed by atoms with Crippen molar-refractivity contribution in [1.29, 1.82) is 0 Å². The minimum Gasteiger partial charge on any atom is -0.508 e. The summed E-state index contributed by atoms with van der Waals surface area (Å²) in [6, 6.07) is 15.0. The summed E-state index contributed by atoms with van der Waals surface area (Å²) in [5.41, 5.74) is 3.20. The quantitative estimate of drug-likeness (QED) is 0.582. The van der Waals surface area contributed by atoms with E-state index in [0.717, 1.165) is 20.6 Å². The van der Waals surface area contributed by atoms with Gasteiger partial charge < -0.3 is 15.7 Å². The lowest BCUT2D eigenvalue weighted by Gasteiger charge is -2.27. The Morgan fingerprint density at radius 2 is 1.88 bits per heavy atom. The number of thiophene rings is 1. The number of hydrogen-bond donors (Lipinski definition) is 3. The molecule has 120 valence electrons. The molecular formula is C18H13BrN2O2S. The van der Waals surface area contributed by atoms with Gasteiger partial charge in [-0.25, -0.2) is 0 Å². The van der Waals surface area contributed by atoms with Crippen molar-refractivity contribution in [3.63, 3.8) is 0 Å². The Morgan fingerprint density at radius 1 is 1.08 bits per heavy atom. The molecule has 0 saturated carbocycles. The fourth-order valence-electron chi connectivity index (χ4n) is 2.80. The Labute approximate surface area is 151 Å². The van der Waals surface area contributed by atoms with Crippen molar-refractivity contribution in [2.75, 3.05) is 5.32 Å². The van der Waals surface area contributed by atoms with Crippen LogP contribution in [0, 0.1) is 0 Å². The fraction of sp³-hybridized carbons (Fsp3) is 0.0556. The molecule has 1 atom stereocenters. The van der Waals surface area contributed by atoms with Gasteiger partial charge in [-0.3, -0.25) is 4.79 Å². The Balaban J connectivity index is 1.74. The Kier molecular flexibility index (Phi) is 3.78. The number of amides is 1. The number of benzene rings is 2. The number of phenolic OH excluding ortho intramolecular Hbond substituents is 1. The van der Waals surface area contributed by atoms with Crippen molar-refractivity contribution in [2.45, 2.75) is 6.17 Å². The van der Waals surface area contributed by atoms with Gasteiger partial charge in [-0.15, -0.1) is 11.3 Å². The third-order valence-corrected chi connectivity index (χ3v) is 5.36. The minimum atomic E-state index is -0.468. The second kappa shape index (κ2) is 5.96. The summed E-state index contributed by atoms with van der Waals surface area (Å²) < 4.78 is 0.841. The van der Waals surface area contributed by atoms with E-state index in [0.29, 0.717) is 11.1 Å². The minimum absolute atomic E-state index is 0.138. The lowest BCUT2D eigenvalue weighted by molar-refractivity contribution is 0.0937. The van der Waals surface area contributed by atoms with Crippen LogP contribution >= 0.6 is 27.3 Å². The van der Waals surface area contributed by atoms with Gasteiger partial charge in [0.1, 0.15) is 16.9 Å². The number of anilines is 1. The van der Waals surface area contributed by atoms with Crippen LogP contribution in [0.2, 0.25) is 0 Å². The van der Waals surface area contributed by atoms with Crippen LogP contribution in [-0.2, 0) is 0 Å². The molecule has 3 aromatic rings. The smallest absolute Gasteiger partial charge is 0.256 e. The molecule has 3 N–H and O–H groups in total. The topological polar surface area (TPSA) is 61.4 Å². The van der Waals surface area contributed by atoms with Crippen LogP contribution in [0.25, 0.3) is 11.1 Å². The molecule has 1 amide bonds. The lowest BCUT2D eigenvalue weighted by atomic mass is 10.0. The fourth-order valence-corrected chi connectivity index (χ4v) is 4.18. The third-order valence-electron chi connectivity index (χ3n) is 3.95. The molecule has 0 fully saturated rings. The van der Waals surface area contributed by atoms with Crippen LogP contribution in [0.4, 0.5) is 5.00 Å². The van der Waals surface area contributed by atoms with Gasteiger partial charge in [-0.2, -0.15) is 0 Å². The molecule has 4 rings (SSSR count). The van der Waals surface area contributed by atoms with Gasteiger partial charge in [0.25, 0.3) is 5.91 Å². The molecule has 6 heteroatoms. The highest BCUT2D eigenvalue weighted by Gasteiger charge is 2.30. The number of hydrogen-bond acceptors (Lipinski definition) is 4. The average Bonchev–Trinajstić information content (AvgIpc) is 3.02. The van der Waals surface area contributed by atoms with E-state index in [-0.39, 0.29) is 11.7 Å². The molecule has 0 bridgehead atoms. The number of aromatic hydroxyl groups is 1. The van der Waals surface area contributed by atoms with Gasteiger partial charge in [0.15, 0.2) is 0 Å². The maximum absolute atomic E-state index is 12.7. The SMILES string of the molecule is O=C1NC(c2cc(Br)ccc2O)Nc2scc(-c3ccccc3)c21. The standard InChI is InChI=1S/C18H13BrN2O2S/c19-11-6-7-14(22)12(8-11)16-20-17(23)15-13(9-24-18(15)21-16)10-4-2-1-3-5-10/h1-9,16,21-22H,(H,20,23). The first-order valence-corrected chi connectivity index (χ1v) is 9.03. The molecule has 4 nitrogen and oxygen atoms in total. The van der Waals surface area contributed by atoms with Gasteiger partial charge in [0, 0.05) is 21.0 Å². The number of phenols is 1. The van der Waals surface area contributed by atoms with Gasteiger partial charge in [-0.05, 0) is 23.8 Å². The number of nitrogens with one attached hydrogen (secondary N) is 2. The average molecular weight is 401 g/mol. The number of fused-ring (bicyclic) bond motifs is 1. The van der Waals surface area contributed by atoms with Gasteiger partial charge in [0.05, 0.1) is 5.56 Å². The summed E-state index contributed by atoms with van der Waals surface area (Å²) in [5.74, 6) is -0.00693. The number of carbonyl (C=O) groups is 1. The van der Waals surface area contributed by atoms with E-state index < -0.39 is 6.17 Å². The molecule has 0 saturated heterocycles. The molecule has 1 aliphatic rings. The zero-order valence-electron chi connectivity index (χ0n) is 12.4. The van der Waals surface area contributed by atoms with Crippen molar-refractivity contribution in [3.05, 3.63) is 69.5 Å². The molecule has 1 aliphatic heterocycles. The van der Waals surface area contributed by atoms with Crippen molar-refractivity contribution < 1.29 is 9.90 Å². The molecule has 0 aliphatic carbocycles. The number of halogens is 1. The molecule has 24 heavy (non-hydrogen) atoms. The lowest BCUT2D eigenvalue weighted by Crippen LogP contribution is -2.38. The van der Waals surface area contributed by atoms with Crippen molar-refractivity contribution in [2.24, 2.45) is 0 Å². The highest BCUT2D eigenvalue weighted by molar-refractivity contribution is 9.10. The maximum atomic E-state index is 12.7. The van der Waals surface area contributed by atoms with Gasteiger partial charge in [0.2, 0.25) is 0 Å². The number of carbonyl (C=O) groups excluding carboxylic acids is 1. The van der Waals surface area contributed by atoms with Gasteiger partial charge >= 0.3 is 0 Å². The Bertz CT molecular complexity index is 924. The summed E-state index contributed by atoms with van der Waals surface area (Å²) >= 11 is 4.89. The van der Waals surface area contributed by atoms with Gasteiger partial charge in [-0.1, -0.05) is 46.3 Å². The predicted octanol–water partition coefficient (Wildman–Crippen LogP) is 4.74. The monoisotopic (exact) mass is 400 g/mol. The molecule has 0 spiro atoms. The van der Waals surface area contributed by atoms with E-state index in [1.54, 1.807) is 18.2 Å². The summed E-state index contributed by atoms with van der Waals surface area (Å²) in [7, 11) is 0. The molecule has 1 aromatic heterocycles. The van der Waals surface area contributed by atoms with Crippen molar-refractivity contribution in [3.8, 4) is 16.9 Å². The van der Waals surface area contributed by atoms with Crippen LogP contribution in [0.15, 0.2) is 58.4 Å². The summed E-state index contributed by atoms with van der Waals surface area (Å²) in [4.78, 5) is 12.7. The maximum Gasteiger partial charge on any atom is 0.256 e. The predicted molar refractivity (Wildman–Crippen MR) is 99.4 cm³/mol. The van der Waals surface area contributed by atoms with Crippen LogP contribution in [-0.4, -0.2) is 11.0 Å². The Hall–Kier alpha value is -2.31. The van der Waals surface area contributed by atoms with Crippen LogP contribution in [0.3, 0.4) is 0 Å². The van der Waals surface area contributed by atoms with Crippen LogP contribution < -0.4 is 10.6 Å². The molecule has 2 aromatic carbocycles. The largest absolute Gasteiger partial charge is 0.508 e. The Morgan fingerprint density at radius 3 is 2.67 bits per heavy atom. The third kappa shape index (κ3) is 2.57. The zero-order chi connectivity index (χ0) is 16.7. The summed E-state index contributed by atoms with van der Waals surface area (Å²) in [6.45, 7) is 0. The second-order valence-corrected chi connectivity index (χ2v) is 7.27. The van der Waals surface area contributed by atoms with E-state index in [1.165, 1.54) is 11.3 Å². The van der Waals surface area contributed by atoms with E-state index in [9.17, 15) is 9.90 Å². The van der Waals surface area contributed by atoms with Crippen LogP contribution in [0.5, 0.6) is 5.75 Å². The number of rotatable bonds is 2. The first kappa shape index (κ1) is 15.2. The van der Waals surface area contributed by atoms with Crippen molar-refractivity contribution in [1.82, 2.24) is 5.32 Å². The normalized spacial score (nSPS) is 16.2. The highest BCUT2D eigenvalue weighted by atomic mass is 79.9. The highest BCUT2D eigenvalue weighted by Crippen LogP contribution is 2.40. The summed E-state index contributed by atoms with van der Waals surface area (Å²) in [5, 5.41) is 19.1. The molecular weight excluding hydrogens is 388 g/mol. The zero-order valence-corrected chi connectivity index (χ0v) is 14.8. The first-order chi connectivity index (χ1) is 11.6. The van der Waals surface area contributed by atoms with Crippen LogP contribution in [0.1, 0.15) is 22.1 Å². The van der Waals surface area contributed by atoms with Crippen molar-refractivity contribution >= 4 is 38.2 Å². The first-order valence-electron chi connectivity index (χ1n) is 7.36. The molecule has 0 radical (unpaired) electrons. The summed E-state index contributed by atoms with van der Waals surface area (Å²) in [6.07, 6.45) is -0.468. The van der Waals surface area contributed by atoms with E-state index in [4.69, 9.17) is 0 Å².